The van der Waals surface area contributed by atoms with Crippen molar-refractivity contribution < 1.29 is 7.87 Å². The van der Waals surface area contributed by atoms with Gasteiger partial charge in [0, 0.05) is 0 Å². The SMILES string of the molecule is Nc1ccc(C(=O)[O][Sn]([c]2ccccc2)([c]2ccccc2)[c]2ccccc2)cc1. The molecule has 0 atom stereocenters. The van der Waals surface area contributed by atoms with E-state index in [1.165, 1.54) is 0 Å². The summed E-state index contributed by atoms with van der Waals surface area (Å²) in [4.78, 5) is 13.3. The van der Waals surface area contributed by atoms with Crippen molar-refractivity contribution in [1.29, 1.82) is 0 Å². The van der Waals surface area contributed by atoms with E-state index in [0.29, 0.717) is 11.3 Å². The van der Waals surface area contributed by atoms with Crippen LogP contribution in [0.1, 0.15) is 10.4 Å². The first-order valence-corrected chi connectivity index (χ1v) is 14.9. The summed E-state index contributed by atoms with van der Waals surface area (Å²) in [6, 6.07) is 37.3. The fraction of sp³-hybridized carbons (Fsp3) is 0. The second kappa shape index (κ2) is 8.53. The van der Waals surface area contributed by atoms with Crippen molar-refractivity contribution >= 4 is 41.2 Å². The van der Waals surface area contributed by atoms with Gasteiger partial charge in [0.1, 0.15) is 0 Å². The zero-order valence-electron chi connectivity index (χ0n) is 15.9. The molecule has 4 heteroatoms. The molecule has 0 fully saturated rings. The molecule has 0 heterocycles. The van der Waals surface area contributed by atoms with Crippen LogP contribution in [0.25, 0.3) is 0 Å². The number of carbonyl (C=O) groups excluding carboxylic acids is 1. The Hall–Kier alpha value is -3.05. The number of benzene rings is 4. The molecule has 3 nitrogen and oxygen atoms in total. The summed E-state index contributed by atoms with van der Waals surface area (Å²) in [5, 5.41) is 0. The Labute approximate surface area is 175 Å². The van der Waals surface area contributed by atoms with Gasteiger partial charge in [-0.25, -0.2) is 0 Å². The molecule has 0 bridgehead atoms. The van der Waals surface area contributed by atoms with Crippen LogP contribution in [0.15, 0.2) is 115 Å². The Bertz CT molecular complexity index is 985. The molecule has 0 unspecified atom stereocenters. The molecule has 0 spiro atoms. The quantitative estimate of drug-likeness (QED) is 0.349. The molecule has 142 valence electrons. The molecule has 4 rings (SSSR count). The Balaban J connectivity index is 1.92. The zero-order chi connectivity index (χ0) is 20.1. The number of carbonyl (C=O) groups is 1. The first-order chi connectivity index (χ1) is 14.2. The summed E-state index contributed by atoms with van der Waals surface area (Å²) in [7, 11) is 0. The third-order valence-corrected chi connectivity index (χ3v) is 16.2. The summed E-state index contributed by atoms with van der Waals surface area (Å²) >= 11 is -4.08. The number of nitrogens with two attached hydrogens (primary N) is 1. The second-order valence-corrected chi connectivity index (χ2v) is 16.2. The molecule has 0 aliphatic rings. The Morgan fingerprint density at radius 3 is 1.34 bits per heavy atom. The number of hydrogen-bond donors (Lipinski definition) is 1. The number of rotatable bonds is 5. The Morgan fingerprint density at radius 2 is 0.966 bits per heavy atom. The van der Waals surface area contributed by atoms with Crippen LogP contribution in [-0.4, -0.2) is 24.8 Å². The van der Waals surface area contributed by atoms with Crippen LogP contribution in [0, 0.1) is 0 Å². The number of hydrogen-bond acceptors (Lipinski definition) is 3. The topological polar surface area (TPSA) is 52.3 Å². The second-order valence-electron chi connectivity index (χ2n) is 6.79. The van der Waals surface area contributed by atoms with E-state index in [2.05, 4.69) is 36.4 Å². The van der Waals surface area contributed by atoms with E-state index >= 15 is 0 Å². The Morgan fingerprint density at radius 1 is 0.586 bits per heavy atom. The van der Waals surface area contributed by atoms with Crippen LogP contribution in [0.4, 0.5) is 5.69 Å². The average Bonchev–Trinajstić information content (AvgIpc) is 2.79. The van der Waals surface area contributed by atoms with E-state index in [4.69, 9.17) is 8.81 Å². The van der Waals surface area contributed by atoms with Gasteiger partial charge in [-0.3, -0.25) is 0 Å². The van der Waals surface area contributed by atoms with Gasteiger partial charge in [0.05, 0.1) is 0 Å². The van der Waals surface area contributed by atoms with Gasteiger partial charge in [-0.15, -0.1) is 0 Å². The van der Waals surface area contributed by atoms with Crippen LogP contribution < -0.4 is 16.5 Å². The van der Waals surface area contributed by atoms with Crippen molar-refractivity contribution in [3.63, 3.8) is 0 Å². The Kier molecular flexibility index (Phi) is 5.67. The third kappa shape index (κ3) is 3.91. The average molecular weight is 486 g/mol. The third-order valence-electron chi connectivity index (χ3n) is 4.93. The van der Waals surface area contributed by atoms with Gasteiger partial charge in [0.2, 0.25) is 0 Å². The fourth-order valence-electron chi connectivity index (χ4n) is 3.51. The standard InChI is InChI=1S/C7H7NO2.3C6H5.Sn/c8-6-3-1-5(2-4-6)7(9)10;3*1-2-4-6-5-3-1;/h1-4H,8H2,(H,9,10);3*1-5H;/q;;;;+1/p-1. The molecule has 29 heavy (non-hydrogen) atoms. The molecule has 0 amide bonds. The van der Waals surface area contributed by atoms with Crippen molar-refractivity contribution in [2.75, 3.05) is 5.73 Å². The van der Waals surface area contributed by atoms with Crippen molar-refractivity contribution in [1.82, 2.24) is 0 Å². The summed E-state index contributed by atoms with van der Waals surface area (Å²) < 4.78 is 9.81. The minimum absolute atomic E-state index is 0.322. The monoisotopic (exact) mass is 487 g/mol. The summed E-state index contributed by atoms with van der Waals surface area (Å²) in [5.74, 6) is -0.322. The number of anilines is 1. The molecule has 0 aliphatic carbocycles. The maximum absolute atomic E-state index is 13.3. The van der Waals surface area contributed by atoms with Gasteiger partial charge in [0.25, 0.3) is 0 Å². The molecule has 0 aromatic heterocycles. The van der Waals surface area contributed by atoms with E-state index in [9.17, 15) is 4.79 Å². The first-order valence-electron chi connectivity index (χ1n) is 9.45. The first kappa shape index (κ1) is 19.3. The molecule has 4 aromatic carbocycles. The molecule has 0 radical (unpaired) electrons. The van der Waals surface area contributed by atoms with Crippen molar-refractivity contribution in [2.45, 2.75) is 0 Å². The zero-order valence-corrected chi connectivity index (χ0v) is 18.7. The van der Waals surface area contributed by atoms with Crippen molar-refractivity contribution in [3.05, 3.63) is 121 Å². The normalized spacial score (nSPS) is 11.0. The number of nitrogen functional groups attached to an aromatic ring is 1. The van der Waals surface area contributed by atoms with Gasteiger partial charge in [-0.2, -0.15) is 0 Å². The fourth-order valence-corrected chi connectivity index (χ4v) is 14.2. The van der Waals surface area contributed by atoms with E-state index in [-0.39, 0.29) is 5.97 Å². The van der Waals surface area contributed by atoms with E-state index < -0.39 is 18.8 Å². The van der Waals surface area contributed by atoms with Gasteiger partial charge < -0.3 is 0 Å². The van der Waals surface area contributed by atoms with Gasteiger partial charge in [-0.1, -0.05) is 0 Å². The maximum atomic E-state index is 13.3. The van der Waals surface area contributed by atoms with E-state index in [1.54, 1.807) is 24.3 Å². The van der Waals surface area contributed by atoms with Crippen molar-refractivity contribution in [2.24, 2.45) is 0 Å². The molecule has 2 N–H and O–H groups in total. The van der Waals surface area contributed by atoms with Crippen LogP contribution in [0.5, 0.6) is 0 Å². The van der Waals surface area contributed by atoms with Crippen LogP contribution in [-0.2, 0) is 3.07 Å². The van der Waals surface area contributed by atoms with Crippen LogP contribution >= 0.6 is 0 Å². The summed E-state index contributed by atoms with van der Waals surface area (Å²) in [5.41, 5.74) is 6.91. The predicted octanol–water partition coefficient (Wildman–Crippen LogP) is 3.09. The van der Waals surface area contributed by atoms with Crippen LogP contribution in [0.2, 0.25) is 0 Å². The molecule has 0 saturated heterocycles. The molecule has 4 aromatic rings. The summed E-state index contributed by atoms with van der Waals surface area (Å²) in [6.07, 6.45) is 0. The van der Waals surface area contributed by atoms with E-state index in [1.807, 2.05) is 54.6 Å². The van der Waals surface area contributed by atoms with Gasteiger partial charge in [-0.05, 0) is 0 Å². The van der Waals surface area contributed by atoms with Gasteiger partial charge >= 0.3 is 176 Å². The molecule has 0 saturated carbocycles. The van der Waals surface area contributed by atoms with Gasteiger partial charge in [0.15, 0.2) is 0 Å². The minimum atomic E-state index is -4.08. The summed E-state index contributed by atoms with van der Waals surface area (Å²) in [6.45, 7) is 0. The van der Waals surface area contributed by atoms with Crippen molar-refractivity contribution in [3.8, 4) is 0 Å². The molecular formula is C25H21NO2Sn. The predicted molar refractivity (Wildman–Crippen MR) is 120 cm³/mol. The van der Waals surface area contributed by atoms with Crippen LogP contribution in [0.3, 0.4) is 0 Å². The van der Waals surface area contributed by atoms with E-state index in [0.717, 1.165) is 10.7 Å². The molecular weight excluding hydrogens is 465 g/mol. The molecule has 0 aliphatic heterocycles.